The highest BCUT2D eigenvalue weighted by atomic mass is 35.5. The Labute approximate surface area is 175 Å². The van der Waals surface area contributed by atoms with Crippen molar-refractivity contribution in [1.29, 1.82) is 0 Å². The van der Waals surface area contributed by atoms with Crippen LogP contribution < -0.4 is 4.74 Å². The molecule has 0 aliphatic carbocycles. The maximum absolute atomic E-state index is 10.6. The first kappa shape index (κ1) is 22.0. The lowest BCUT2D eigenvalue weighted by Gasteiger charge is -2.46. The van der Waals surface area contributed by atoms with E-state index < -0.39 is 30.2 Å². The first-order valence-electron chi connectivity index (χ1n) is 9.55. The van der Waals surface area contributed by atoms with Gasteiger partial charge < -0.3 is 29.5 Å². The van der Waals surface area contributed by atoms with Crippen LogP contribution in [0, 0.1) is 0 Å². The molecule has 0 amide bonds. The highest BCUT2D eigenvalue weighted by Gasteiger charge is 2.52. The Morgan fingerprint density at radius 1 is 1.07 bits per heavy atom. The zero-order valence-electron chi connectivity index (χ0n) is 16.7. The summed E-state index contributed by atoms with van der Waals surface area (Å²) >= 11 is 6.41. The molecule has 1 heterocycles. The normalized spacial score (nSPS) is 29.6. The number of benzene rings is 2. The lowest BCUT2D eigenvalue weighted by atomic mass is 9.82. The van der Waals surface area contributed by atoms with Crippen molar-refractivity contribution in [2.45, 2.75) is 50.5 Å². The number of aliphatic hydroxyl groups excluding tert-OH is 3. The lowest BCUT2D eigenvalue weighted by molar-refractivity contribution is -0.327. The topological polar surface area (TPSA) is 88.4 Å². The van der Waals surface area contributed by atoms with Crippen LogP contribution in [0.15, 0.2) is 42.5 Å². The van der Waals surface area contributed by atoms with Gasteiger partial charge in [-0.2, -0.15) is 0 Å². The van der Waals surface area contributed by atoms with Crippen LogP contribution in [-0.2, 0) is 21.5 Å². The monoisotopic (exact) mass is 422 g/mol. The molecule has 0 bridgehead atoms. The number of rotatable bonds is 6. The van der Waals surface area contributed by atoms with Gasteiger partial charge in [0, 0.05) is 12.1 Å². The van der Waals surface area contributed by atoms with Crippen molar-refractivity contribution >= 4 is 11.6 Å². The Kier molecular flexibility index (Phi) is 6.83. The standard InChI is InChI=1S/C22H27ClO6/c1-4-28-16-8-5-13(6-9-16)11-14-12-15(7-10-17(14)23)22(2)20(26)18(24)19(25)21(27-3)29-22/h5-10,12,18-21,24-26H,4,11H2,1-3H3/t18-,19-,20+,21?,22-/m0/s1. The van der Waals surface area contributed by atoms with Gasteiger partial charge in [-0.25, -0.2) is 0 Å². The van der Waals surface area contributed by atoms with E-state index >= 15 is 0 Å². The van der Waals surface area contributed by atoms with Crippen molar-refractivity contribution in [3.8, 4) is 5.75 Å². The van der Waals surface area contributed by atoms with Gasteiger partial charge in [0.1, 0.15) is 29.7 Å². The molecular weight excluding hydrogens is 396 g/mol. The summed E-state index contributed by atoms with van der Waals surface area (Å²) in [6.45, 7) is 4.20. The van der Waals surface area contributed by atoms with Gasteiger partial charge in [0.15, 0.2) is 6.29 Å². The minimum absolute atomic E-state index is 0.574. The highest BCUT2D eigenvalue weighted by Crippen LogP contribution is 2.39. The molecule has 29 heavy (non-hydrogen) atoms. The average Bonchev–Trinajstić information content (AvgIpc) is 2.72. The van der Waals surface area contributed by atoms with E-state index in [9.17, 15) is 15.3 Å². The van der Waals surface area contributed by atoms with Crippen LogP contribution in [0.5, 0.6) is 5.75 Å². The number of ether oxygens (including phenoxy) is 3. The van der Waals surface area contributed by atoms with E-state index in [1.54, 1.807) is 19.1 Å². The van der Waals surface area contributed by atoms with Gasteiger partial charge in [0.25, 0.3) is 0 Å². The van der Waals surface area contributed by atoms with Crippen molar-refractivity contribution in [3.05, 3.63) is 64.2 Å². The smallest absolute Gasteiger partial charge is 0.186 e. The summed E-state index contributed by atoms with van der Waals surface area (Å²) in [5.74, 6) is 0.806. The Balaban J connectivity index is 1.89. The number of hydrogen-bond donors (Lipinski definition) is 3. The molecule has 158 valence electrons. The van der Waals surface area contributed by atoms with Crippen LogP contribution >= 0.6 is 11.6 Å². The third kappa shape index (κ3) is 4.43. The van der Waals surface area contributed by atoms with Gasteiger partial charge in [-0.15, -0.1) is 0 Å². The van der Waals surface area contributed by atoms with Gasteiger partial charge in [0.05, 0.1) is 6.61 Å². The molecule has 0 saturated carbocycles. The molecule has 1 unspecified atom stereocenters. The third-order valence-electron chi connectivity index (χ3n) is 5.36. The second-order valence-electron chi connectivity index (χ2n) is 7.31. The van der Waals surface area contributed by atoms with Gasteiger partial charge in [-0.1, -0.05) is 35.9 Å². The second kappa shape index (κ2) is 9.00. The van der Waals surface area contributed by atoms with Gasteiger partial charge in [-0.3, -0.25) is 0 Å². The fraction of sp³-hybridized carbons (Fsp3) is 0.455. The molecule has 1 saturated heterocycles. The summed E-state index contributed by atoms with van der Waals surface area (Å²) in [5.41, 5.74) is 1.24. The molecule has 1 fully saturated rings. The largest absolute Gasteiger partial charge is 0.494 e. The number of halogens is 1. The SMILES string of the molecule is CCOc1ccc(Cc2cc([C@]3(C)OC(OC)[C@@H](O)[C@H](O)[C@H]3O)ccc2Cl)cc1. The predicted octanol–water partition coefficient (Wildman–Crippen LogP) is 2.63. The van der Waals surface area contributed by atoms with E-state index in [0.29, 0.717) is 23.6 Å². The van der Waals surface area contributed by atoms with E-state index in [0.717, 1.165) is 16.9 Å². The molecule has 3 rings (SSSR count). The van der Waals surface area contributed by atoms with E-state index in [1.807, 2.05) is 37.3 Å². The maximum atomic E-state index is 10.6. The summed E-state index contributed by atoms with van der Waals surface area (Å²) in [6.07, 6.45) is -4.60. The van der Waals surface area contributed by atoms with Crippen molar-refractivity contribution < 1.29 is 29.5 Å². The molecule has 0 radical (unpaired) electrons. The number of aliphatic hydroxyl groups is 3. The van der Waals surface area contributed by atoms with Crippen LogP contribution in [-0.4, -0.2) is 53.6 Å². The zero-order chi connectivity index (χ0) is 21.2. The second-order valence-corrected chi connectivity index (χ2v) is 7.72. The molecule has 0 spiro atoms. The Morgan fingerprint density at radius 3 is 2.38 bits per heavy atom. The van der Waals surface area contributed by atoms with Crippen LogP contribution in [0.1, 0.15) is 30.5 Å². The lowest BCUT2D eigenvalue weighted by Crippen LogP contribution is -2.62. The minimum Gasteiger partial charge on any atom is -0.494 e. The van der Waals surface area contributed by atoms with Gasteiger partial charge >= 0.3 is 0 Å². The predicted molar refractivity (Wildman–Crippen MR) is 109 cm³/mol. The fourth-order valence-corrected chi connectivity index (χ4v) is 3.77. The molecule has 1 aliphatic heterocycles. The molecule has 5 atom stereocenters. The molecule has 2 aromatic rings. The summed E-state index contributed by atoms with van der Waals surface area (Å²) in [4.78, 5) is 0. The Morgan fingerprint density at radius 2 is 1.76 bits per heavy atom. The maximum Gasteiger partial charge on any atom is 0.186 e. The Bertz CT molecular complexity index is 825. The molecule has 6 nitrogen and oxygen atoms in total. The van der Waals surface area contributed by atoms with Crippen LogP contribution in [0.4, 0.5) is 0 Å². The number of methoxy groups -OCH3 is 1. The fourth-order valence-electron chi connectivity index (χ4n) is 3.59. The van der Waals surface area contributed by atoms with Crippen molar-refractivity contribution in [2.75, 3.05) is 13.7 Å². The van der Waals surface area contributed by atoms with E-state index in [4.69, 9.17) is 25.8 Å². The van der Waals surface area contributed by atoms with Crippen LogP contribution in [0.3, 0.4) is 0 Å². The first-order valence-corrected chi connectivity index (χ1v) is 9.93. The highest BCUT2D eigenvalue weighted by molar-refractivity contribution is 6.31. The van der Waals surface area contributed by atoms with Crippen molar-refractivity contribution in [1.82, 2.24) is 0 Å². The van der Waals surface area contributed by atoms with Crippen LogP contribution in [0.25, 0.3) is 0 Å². The molecule has 0 aromatic heterocycles. The summed E-state index contributed by atoms with van der Waals surface area (Å²) in [7, 11) is 1.37. The summed E-state index contributed by atoms with van der Waals surface area (Å²) in [6, 6.07) is 13.1. The first-order chi connectivity index (χ1) is 13.8. The molecule has 2 aromatic carbocycles. The third-order valence-corrected chi connectivity index (χ3v) is 5.73. The summed E-state index contributed by atoms with van der Waals surface area (Å²) in [5, 5.41) is 31.5. The van der Waals surface area contributed by atoms with Crippen LogP contribution in [0.2, 0.25) is 5.02 Å². The van der Waals surface area contributed by atoms with Crippen molar-refractivity contribution in [2.24, 2.45) is 0 Å². The number of hydrogen-bond acceptors (Lipinski definition) is 6. The minimum atomic E-state index is -1.41. The average molecular weight is 423 g/mol. The van der Waals surface area contributed by atoms with Gasteiger partial charge in [-0.05, 0) is 55.2 Å². The van der Waals surface area contributed by atoms with Crippen molar-refractivity contribution in [3.63, 3.8) is 0 Å². The zero-order valence-corrected chi connectivity index (χ0v) is 17.5. The molecular formula is C22H27ClO6. The van der Waals surface area contributed by atoms with E-state index in [-0.39, 0.29) is 0 Å². The summed E-state index contributed by atoms with van der Waals surface area (Å²) < 4.78 is 16.5. The van der Waals surface area contributed by atoms with E-state index in [1.165, 1.54) is 7.11 Å². The molecule has 7 heteroatoms. The van der Waals surface area contributed by atoms with Gasteiger partial charge in [0.2, 0.25) is 0 Å². The quantitative estimate of drug-likeness (QED) is 0.663. The van der Waals surface area contributed by atoms with E-state index in [2.05, 4.69) is 0 Å². The Hall–Kier alpha value is -1.67. The molecule has 3 N–H and O–H groups in total. The molecule has 1 aliphatic rings.